The summed E-state index contributed by atoms with van der Waals surface area (Å²) >= 11 is 0. The number of carbonyl (C=O) groups is 3. The van der Waals surface area contributed by atoms with E-state index < -0.39 is 17.8 Å². The van der Waals surface area contributed by atoms with Crippen LogP contribution in [0, 0.1) is 6.92 Å². The monoisotopic (exact) mass is 607 g/mol. The maximum Gasteiger partial charge on any atom is 0.416 e. The molecule has 0 aliphatic carbocycles. The Morgan fingerprint density at radius 1 is 0.705 bits per heavy atom. The topological polar surface area (TPSA) is 85.0 Å². The highest BCUT2D eigenvalue weighted by Gasteiger charge is 2.31. The van der Waals surface area contributed by atoms with Gasteiger partial charge in [0.1, 0.15) is 0 Å². The molecule has 4 amide bonds. The zero-order chi connectivity index (χ0) is 31.3. The van der Waals surface area contributed by atoms with Crippen LogP contribution >= 0.6 is 0 Å². The van der Waals surface area contributed by atoms with Crippen molar-refractivity contribution in [1.82, 2.24) is 9.80 Å². The van der Waals surface area contributed by atoms with Gasteiger partial charge in [0.2, 0.25) is 0 Å². The van der Waals surface area contributed by atoms with E-state index in [-0.39, 0.29) is 17.5 Å². The lowest BCUT2D eigenvalue weighted by atomic mass is 10.1. The van der Waals surface area contributed by atoms with Gasteiger partial charge in [-0.1, -0.05) is 23.8 Å². The van der Waals surface area contributed by atoms with Gasteiger partial charge in [0, 0.05) is 61.9 Å². The predicted octanol–water partition coefficient (Wildman–Crippen LogP) is 6.64. The molecule has 2 heterocycles. The summed E-state index contributed by atoms with van der Waals surface area (Å²) in [5.74, 6) is -0.374. The average molecular weight is 608 g/mol. The van der Waals surface area contributed by atoms with Gasteiger partial charge in [-0.3, -0.25) is 9.59 Å². The number of carbonyl (C=O) groups excluding carboxylic acids is 3. The second-order valence-corrected chi connectivity index (χ2v) is 11.2. The van der Waals surface area contributed by atoms with Gasteiger partial charge in [0.15, 0.2) is 0 Å². The fraction of sp³-hybridized carbons (Fsp3) is 0.364. The van der Waals surface area contributed by atoms with Crippen LogP contribution < -0.4 is 15.5 Å². The van der Waals surface area contributed by atoms with Gasteiger partial charge in [-0.15, -0.1) is 0 Å². The summed E-state index contributed by atoms with van der Waals surface area (Å²) in [6.07, 6.45) is -0.964. The van der Waals surface area contributed by atoms with Crippen molar-refractivity contribution in [1.29, 1.82) is 0 Å². The lowest BCUT2D eigenvalue weighted by Crippen LogP contribution is -2.39. The largest absolute Gasteiger partial charge is 0.416 e. The van der Waals surface area contributed by atoms with Crippen LogP contribution in [0.4, 0.5) is 35.0 Å². The van der Waals surface area contributed by atoms with Crippen molar-refractivity contribution < 1.29 is 27.6 Å². The molecular weight excluding hydrogens is 571 g/mol. The first kappa shape index (κ1) is 30.9. The van der Waals surface area contributed by atoms with Gasteiger partial charge in [-0.25, -0.2) is 4.79 Å². The standard InChI is InChI=1S/C33H36F3N5O3/c1-23-9-11-24(12-10-23)30(42)37-27-13-14-29(28(22-27)31(43)40-15-3-2-4-16-40)39-17-6-18-41(20-19-39)32(44)38-26-8-5-7-25(21-26)33(34,35)36/h5,7-14,21-22H,2-4,6,15-20H2,1H3,(H,37,42)(H,38,44). The molecule has 0 radical (unpaired) electrons. The fourth-order valence-electron chi connectivity index (χ4n) is 5.57. The van der Waals surface area contributed by atoms with Gasteiger partial charge in [0.05, 0.1) is 11.1 Å². The molecule has 0 unspecified atom stereocenters. The highest BCUT2D eigenvalue weighted by Crippen LogP contribution is 2.31. The second-order valence-electron chi connectivity index (χ2n) is 11.2. The number of piperidine rings is 1. The van der Waals surface area contributed by atoms with Crippen molar-refractivity contribution in [3.63, 3.8) is 0 Å². The zero-order valence-electron chi connectivity index (χ0n) is 24.6. The summed E-state index contributed by atoms with van der Waals surface area (Å²) in [5, 5.41) is 5.51. The Morgan fingerprint density at radius 2 is 1.41 bits per heavy atom. The molecule has 11 heteroatoms. The quantitative estimate of drug-likeness (QED) is 0.341. The van der Waals surface area contributed by atoms with Crippen molar-refractivity contribution in [2.24, 2.45) is 0 Å². The number of benzene rings is 3. The van der Waals surface area contributed by atoms with Crippen molar-refractivity contribution >= 4 is 34.9 Å². The number of hydrogen-bond donors (Lipinski definition) is 2. The molecule has 0 atom stereocenters. The molecule has 0 saturated carbocycles. The Morgan fingerprint density at radius 3 is 2.14 bits per heavy atom. The number of urea groups is 1. The number of likely N-dealkylation sites (tertiary alicyclic amines) is 1. The number of nitrogens with one attached hydrogen (secondary N) is 2. The Hall–Kier alpha value is -4.54. The molecule has 5 rings (SSSR count). The highest BCUT2D eigenvalue weighted by molar-refractivity contribution is 6.06. The number of alkyl halides is 3. The molecular formula is C33H36F3N5O3. The number of nitrogens with zero attached hydrogens (tertiary/aromatic N) is 3. The molecule has 2 fully saturated rings. The molecule has 3 aromatic rings. The number of halogens is 3. The minimum absolute atomic E-state index is 0.0728. The summed E-state index contributed by atoms with van der Waals surface area (Å²) in [7, 11) is 0. The highest BCUT2D eigenvalue weighted by atomic mass is 19.4. The second kappa shape index (κ2) is 13.4. The van der Waals surface area contributed by atoms with Crippen LogP contribution in [0.25, 0.3) is 0 Å². The third-order valence-corrected chi connectivity index (χ3v) is 8.01. The third-order valence-electron chi connectivity index (χ3n) is 8.01. The van der Waals surface area contributed by atoms with Crippen LogP contribution in [-0.2, 0) is 6.18 Å². The Bertz CT molecular complexity index is 1500. The molecule has 232 valence electrons. The molecule has 44 heavy (non-hydrogen) atoms. The first-order valence-electron chi connectivity index (χ1n) is 14.9. The Balaban J connectivity index is 1.33. The Labute approximate surface area is 254 Å². The molecule has 3 aromatic carbocycles. The van der Waals surface area contributed by atoms with Crippen molar-refractivity contribution in [2.45, 2.75) is 38.8 Å². The summed E-state index contributed by atoms with van der Waals surface area (Å²) < 4.78 is 39.4. The summed E-state index contributed by atoms with van der Waals surface area (Å²) in [4.78, 5) is 45.2. The molecule has 2 aliphatic rings. The van der Waals surface area contributed by atoms with Crippen LogP contribution in [0.3, 0.4) is 0 Å². The number of anilines is 3. The predicted molar refractivity (Wildman–Crippen MR) is 164 cm³/mol. The maximum absolute atomic E-state index is 13.8. The first-order valence-corrected chi connectivity index (χ1v) is 14.9. The summed E-state index contributed by atoms with van der Waals surface area (Å²) in [6, 6.07) is 16.7. The molecule has 0 spiro atoms. The van der Waals surface area contributed by atoms with Crippen molar-refractivity contribution in [3.8, 4) is 0 Å². The summed E-state index contributed by atoms with van der Waals surface area (Å²) in [5.41, 5.74) is 2.51. The molecule has 8 nitrogen and oxygen atoms in total. The van der Waals surface area contributed by atoms with Crippen LogP contribution in [0.5, 0.6) is 0 Å². The van der Waals surface area contributed by atoms with E-state index >= 15 is 0 Å². The number of aryl methyl sites for hydroxylation is 1. The molecule has 2 saturated heterocycles. The lowest BCUT2D eigenvalue weighted by Gasteiger charge is -2.30. The minimum Gasteiger partial charge on any atom is -0.369 e. The Kier molecular flexibility index (Phi) is 9.41. The number of amides is 4. The molecule has 2 aliphatic heterocycles. The number of hydrogen-bond acceptors (Lipinski definition) is 4. The van der Waals surface area contributed by atoms with Crippen LogP contribution in [0.1, 0.15) is 57.5 Å². The normalized spacial score (nSPS) is 15.9. The molecule has 0 aromatic heterocycles. The third kappa shape index (κ3) is 7.50. The SMILES string of the molecule is Cc1ccc(C(=O)Nc2ccc(N3CCCN(C(=O)Nc4cccc(C(F)(F)F)c4)CC3)c(C(=O)N3CCCCC3)c2)cc1. The van der Waals surface area contributed by atoms with Gasteiger partial charge in [-0.05, 0) is 81.1 Å². The first-order chi connectivity index (χ1) is 21.1. The lowest BCUT2D eigenvalue weighted by molar-refractivity contribution is -0.137. The van der Waals surface area contributed by atoms with Gasteiger partial charge >= 0.3 is 12.2 Å². The smallest absolute Gasteiger partial charge is 0.369 e. The van der Waals surface area contributed by atoms with Crippen LogP contribution in [-0.4, -0.2) is 66.9 Å². The van der Waals surface area contributed by atoms with E-state index in [9.17, 15) is 27.6 Å². The molecule has 0 bridgehead atoms. The van der Waals surface area contributed by atoms with E-state index in [1.165, 1.54) is 12.1 Å². The zero-order valence-corrected chi connectivity index (χ0v) is 24.6. The van der Waals surface area contributed by atoms with E-state index in [0.717, 1.165) is 37.0 Å². The average Bonchev–Trinajstić information content (AvgIpc) is 3.28. The van der Waals surface area contributed by atoms with Gasteiger partial charge < -0.3 is 25.3 Å². The van der Waals surface area contributed by atoms with E-state index in [0.29, 0.717) is 68.2 Å². The van der Waals surface area contributed by atoms with Crippen molar-refractivity contribution in [2.75, 3.05) is 54.8 Å². The maximum atomic E-state index is 13.8. The van der Waals surface area contributed by atoms with E-state index in [1.807, 2.05) is 30.0 Å². The van der Waals surface area contributed by atoms with E-state index in [2.05, 4.69) is 15.5 Å². The van der Waals surface area contributed by atoms with E-state index in [1.54, 1.807) is 29.2 Å². The van der Waals surface area contributed by atoms with Gasteiger partial charge in [0.25, 0.3) is 11.8 Å². The number of rotatable bonds is 5. The minimum atomic E-state index is -4.51. The molecule has 2 N–H and O–H groups in total. The van der Waals surface area contributed by atoms with Crippen LogP contribution in [0.2, 0.25) is 0 Å². The van der Waals surface area contributed by atoms with E-state index in [4.69, 9.17) is 0 Å². The van der Waals surface area contributed by atoms with Crippen LogP contribution in [0.15, 0.2) is 66.7 Å². The summed E-state index contributed by atoms with van der Waals surface area (Å²) in [6.45, 7) is 5.00. The van der Waals surface area contributed by atoms with Crippen molar-refractivity contribution in [3.05, 3.63) is 89.0 Å². The van der Waals surface area contributed by atoms with Gasteiger partial charge in [-0.2, -0.15) is 13.2 Å². The fourth-order valence-corrected chi connectivity index (χ4v) is 5.57.